The molecule has 2 saturated heterocycles. The fraction of sp³-hybridized carbons (Fsp3) is 0.560. The third kappa shape index (κ3) is 5.11. The number of carbonyl (C=O) groups excluding carboxylic acids is 2. The molecule has 0 spiro atoms. The van der Waals surface area contributed by atoms with Gasteiger partial charge in [0.15, 0.2) is 5.16 Å². The average Bonchev–Trinajstić information content (AvgIpc) is 3.52. The fourth-order valence-electron chi connectivity index (χ4n) is 5.09. The molecular weight excluding hydrogens is 434 g/mol. The first-order chi connectivity index (χ1) is 16.2. The first-order valence-corrected chi connectivity index (χ1v) is 13.2. The van der Waals surface area contributed by atoms with Gasteiger partial charge >= 0.3 is 0 Å². The summed E-state index contributed by atoms with van der Waals surface area (Å²) < 4.78 is 2.26. The number of aromatic nitrogens is 2. The number of hydrogen-bond acceptors (Lipinski definition) is 5. The third-order valence-corrected chi connectivity index (χ3v) is 7.91. The van der Waals surface area contributed by atoms with Gasteiger partial charge in [0, 0.05) is 50.6 Å². The lowest BCUT2D eigenvalue weighted by Crippen LogP contribution is -2.51. The highest BCUT2D eigenvalue weighted by molar-refractivity contribution is 7.99. The SMILES string of the molecule is O=C(CSc1nc2c(n1-c1ccccc1)CCCC2)N1CCN(CC(=O)N2CCCC2)CC1. The average molecular weight is 468 g/mol. The molecule has 0 bridgehead atoms. The predicted octanol–water partition coefficient (Wildman–Crippen LogP) is 2.61. The molecule has 1 aromatic carbocycles. The maximum absolute atomic E-state index is 13.0. The standard InChI is InChI=1S/C25H33N5O2S/c31-23(28-12-6-7-13-28)18-27-14-16-29(17-15-27)24(32)19-33-25-26-21-10-4-5-11-22(21)30(25)20-8-2-1-3-9-20/h1-3,8-9H,4-7,10-19H2. The summed E-state index contributed by atoms with van der Waals surface area (Å²) in [6, 6.07) is 10.4. The van der Waals surface area contributed by atoms with Crippen molar-refractivity contribution < 1.29 is 9.59 Å². The third-order valence-electron chi connectivity index (χ3n) is 6.98. The van der Waals surface area contributed by atoms with Gasteiger partial charge < -0.3 is 9.80 Å². The fourth-order valence-corrected chi connectivity index (χ4v) is 6.04. The minimum atomic E-state index is 0.158. The Morgan fingerprint density at radius 1 is 0.818 bits per heavy atom. The van der Waals surface area contributed by atoms with E-state index < -0.39 is 0 Å². The van der Waals surface area contributed by atoms with Crippen molar-refractivity contribution in [3.63, 3.8) is 0 Å². The van der Waals surface area contributed by atoms with Crippen LogP contribution in [-0.2, 0) is 22.4 Å². The van der Waals surface area contributed by atoms with E-state index in [1.807, 2.05) is 15.9 Å². The normalized spacial score (nSPS) is 19.0. The molecule has 0 saturated carbocycles. The van der Waals surface area contributed by atoms with Gasteiger partial charge in [-0.1, -0.05) is 30.0 Å². The minimum absolute atomic E-state index is 0.158. The Morgan fingerprint density at radius 3 is 2.27 bits per heavy atom. The number of fused-ring (bicyclic) bond motifs is 1. The Hall–Kier alpha value is -2.32. The molecule has 0 N–H and O–H groups in total. The first-order valence-electron chi connectivity index (χ1n) is 12.3. The number of piperazine rings is 1. The van der Waals surface area contributed by atoms with E-state index in [9.17, 15) is 9.59 Å². The van der Waals surface area contributed by atoms with Crippen molar-refractivity contribution in [1.82, 2.24) is 24.3 Å². The lowest BCUT2D eigenvalue weighted by atomic mass is 10.0. The second-order valence-electron chi connectivity index (χ2n) is 9.20. The van der Waals surface area contributed by atoms with Crippen LogP contribution in [0.3, 0.4) is 0 Å². The molecule has 0 unspecified atom stereocenters. The van der Waals surface area contributed by atoms with Crippen LogP contribution in [0.1, 0.15) is 37.1 Å². The second kappa shape index (κ2) is 10.3. The van der Waals surface area contributed by atoms with Crippen molar-refractivity contribution >= 4 is 23.6 Å². The summed E-state index contributed by atoms with van der Waals surface area (Å²) in [5, 5.41) is 0.927. The molecule has 33 heavy (non-hydrogen) atoms. The van der Waals surface area contributed by atoms with Gasteiger partial charge in [-0.25, -0.2) is 4.98 Å². The Bertz CT molecular complexity index is 978. The van der Waals surface area contributed by atoms with Crippen LogP contribution in [0.4, 0.5) is 0 Å². The molecule has 176 valence electrons. The Morgan fingerprint density at radius 2 is 1.52 bits per heavy atom. The van der Waals surface area contributed by atoms with Crippen LogP contribution < -0.4 is 0 Å². The van der Waals surface area contributed by atoms with E-state index in [0.29, 0.717) is 25.4 Å². The molecule has 0 radical (unpaired) electrons. The number of likely N-dealkylation sites (tertiary alicyclic amines) is 1. The largest absolute Gasteiger partial charge is 0.342 e. The molecule has 2 fully saturated rings. The van der Waals surface area contributed by atoms with Crippen LogP contribution in [0.25, 0.3) is 5.69 Å². The quantitative estimate of drug-likeness (QED) is 0.611. The van der Waals surface area contributed by atoms with Gasteiger partial charge in [0.05, 0.1) is 18.0 Å². The maximum atomic E-state index is 13.0. The molecule has 2 aromatic rings. The van der Waals surface area contributed by atoms with Crippen molar-refractivity contribution in [3.05, 3.63) is 41.7 Å². The molecule has 7 nitrogen and oxygen atoms in total. The smallest absolute Gasteiger partial charge is 0.236 e. The van der Waals surface area contributed by atoms with Crippen molar-refractivity contribution in [2.75, 3.05) is 51.6 Å². The number of thioether (sulfide) groups is 1. The number of carbonyl (C=O) groups is 2. The molecular formula is C25H33N5O2S. The van der Waals surface area contributed by atoms with E-state index in [0.717, 1.165) is 62.7 Å². The Balaban J connectivity index is 1.17. The van der Waals surface area contributed by atoms with Crippen LogP contribution in [0.5, 0.6) is 0 Å². The van der Waals surface area contributed by atoms with E-state index in [1.54, 1.807) is 11.8 Å². The van der Waals surface area contributed by atoms with Crippen molar-refractivity contribution in [2.45, 2.75) is 43.7 Å². The van der Waals surface area contributed by atoms with Gasteiger partial charge in [-0.05, 0) is 50.7 Å². The highest BCUT2D eigenvalue weighted by Crippen LogP contribution is 2.30. The van der Waals surface area contributed by atoms with Gasteiger partial charge in [-0.3, -0.25) is 19.1 Å². The van der Waals surface area contributed by atoms with Crippen LogP contribution >= 0.6 is 11.8 Å². The molecule has 2 amide bonds. The van der Waals surface area contributed by atoms with Crippen LogP contribution in [-0.4, -0.2) is 87.6 Å². The number of rotatable bonds is 6. The summed E-state index contributed by atoms with van der Waals surface area (Å²) in [4.78, 5) is 36.4. The van der Waals surface area contributed by atoms with Gasteiger partial charge in [0.2, 0.25) is 11.8 Å². The van der Waals surface area contributed by atoms with Crippen LogP contribution in [0.2, 0.25) is 0 Å². The molecule has 1 aromatic heterocycles. The second-order valence-corrected chi connectivity index (χ2v) is 10.1. The highest BCUT2D eigenvalue weighted by atomic mass is 32.2. The maximum Gasteiger partial charge on any atom is 0.236 e. The molecule has 3 heterocycles. The number of imidazole rings is 1. The van der Waals surface area contributed by atoms with Gasteiger partial charge in [-0.2, -0.15) is 0 Å². The Labute approximate surface area is 200 Å². The summed E-state index contributed by atoms with van der Waals surface area (Å²) in [5.41, 5.74) is 3.62. The zero-order valence-corrected chi connectivity index (χ0v) is 20.1. The van der Waals surface area contributed by atoms with E-state index in [2.05, 4.69) is 33.7 Å². The zero-order chi connectivity index (χ0) is 22.6. The molecule has 2 aliphatic heterocycles. The molecule has 0 atom stereocenters. The molecule has 1 aliphatic carbocycles. The zero-order valence-electron chi connectivity index (χ0n) is 19.2. The lowest BCUT2D eigenvalue weighted by Gasteiger charge is -2.35. The summed E-state index contributed by atoms with van der Waals surface area (Å²) in [5.74, 6) is 0.792. The number of para-hydroxylation sites is 1. The monoisotopic (exact) mass is 467 g/mol. The first kappa shape index (κ1) is 22.5. The van der Waals surface area contributed by atoms with Gasteiger partial charge in [0.25, 0.3) is 0 Å². The number of aryl methyl sites for hydroxylation is 1. The van der Waals surface area contributed by atoms with E-state index in [4.69, 9.17) is 4.98 Å². The van der Waals surface area contributed by atoms with Crippen LogP contribution in [0, 0.1) is 0 Å². The molecule has 5 rings (SSSR count). The topological polar surface area (TPSA) is 61.7 Å². The summed E-state index contributed by atoms with van der Waals surface area (Å²) >= 11 is 1.55. The van der Waals surface area contributed by atoms with E-state index >= 15 is 0 Å². The minimum Gasteiger partial charge on any atom is -0.342 e. The van der Waals surface area contributed by atoms with Crippen molar-refractivity contribution in [3.8, 4) is 5.69 Å². The lowest BCUT2D eigenvalue weighted by molar-refractivity contribution is -0.133. The van der Waals surface area contributed by atoms with E-state index in [1.165, 1.54) is 24.2 Å². The van der Waals surface area contributed by atoms with Gasteiger partial charge in [-0.15, -0.1) is 0 Å². The molecule has 3 aliphatic rings. The number of amides is 2. The van der Waals surface area contributed by atoms with Crippen LogP contribution in [0.15, 0.2) is 35.5 Å². The number of hydrogen-bond donors (Lipinski definition) is 0. The summed E-state index contributed by atoms with van der Waals surface area (Å²) in [7, 11) is 0. The molecule has 8 heteroatoms. The van der Waals surface area contributed by atoms with E-state index in [-0.39, 0.29) is 11.8 Å². The number of benzene rings is 1. The highest BCUT2D eigenvalue weighted by Gasteiger charge is 2.26. The summed E-state index contributed by atoms with van der Waals surface area (Å²) in [6.45, 7) is 5.20. The number of nitrogens with zero attached hydrogens (tertiary/aromatic N) is 5. The Kier molecular flexibility index (Phi) is 7.02. The van der Waals surface area contributed by atoms with Crippen molar-refractivity contribution in [2.24, 2.45) is 0 Å². The van der Waals surface area contributed by atoms with Crippen molar-refractivity contribution in [1.29, 1.82) is 0 Å². The summed E-state index contributed by atoms with van der Waals surface area (Å²) in [6.07, 6.45) is 6.69. The van der Waals surface area contributed by atoms with Gasteiger partial charge in [0.1, 0.15) is 0 Å². The predicted molar refractivity (Wildman–Crippen MR) is 130 cm³/mol.